The van der Waals surface area contributed by atoms with E-state index in [0.29, 0.717) is 12.8 Å². The summed E-state index contributed by atoms with van der Waals surface area (Å²) in [7, 11) is 0. The maximum atomic E-state index is 12.2. The molecule has 0 heterocycles. The van der Waals surface area contributed by atoms with Crippen LogP contribution in [0.4, 0.5) is 0 Å². The first-order valence-corrected chi connectivity index (χ1v) is 19.6. The van der Waals surface area contributed by atoms with Crippen LogP contribution in [-0.4, -0.2) is 23.1 Å². The van der Waals surface area contributed by atoms with Crippen molar-refractivity contribution in [2.45, 2.75) is 232 Å². The van der Waals surface area contributed by atoms with Gasteiger partial charge >= 0.3 is 11.9 Å². The van der Waals surface area contributed by atoms with E-state index in [9.17, 15) is 9.59 Å². The standard InChI is InChI=1S/C40H76O4/c1-3-4-5-6-7-8-9-10-11-12-13-14-15-19-22-25-28-31-34-37-40(43)44-38(2)35-32-29-26-23-20-17-16-18-21-24-27-30-33-36-39(41)42/h10-11,38H,3-9,12-37H2,1-2H3,(H,41,42)/b11-10-. The van der Waals surface area contributed by atoms with Crippen LogP contribution in [0.2, 0.25) is 0 Å². The third-order valence-electron chi connectivity index (χ3n) is 8.98. The van der Waals surface area contributed by atoms with E-state index in [1.54, 1.807) is 0 Å². The number of rotatable bonds is 36. The Hall–Kier alpha value is -1.32. The Morgan fingerprint density at radius 3 is 1.25 bits per heavy atom. The van der Waals surface area contributed by atoms with Crippen LogP contribution in [0.25, 0.3) is 0 Å². The first kappa shape index (κ1) is 42.7. The van der Waals surface area contributed by atoms with Gasteiger partial charge in [-0.1, -0.05) is 167 Å². The smallest absolute Gasteiger partial charge is 0.306 e. The van der Waals surface area contributed by atoms with Gasteiger partial charge in [0.25, 0.3) is 0 Å². The zero-order valence-corrected chi connectivity index (χ0v) is 29.7. The summed E-state index contributed by atoms with van der Waals surface area (Å²) in [6.07, 6.45) is 45.1. The molecule has 0 rings (SSSR count). The molecule has 0 fully saturated rings. The SMILES string of the molecule is CCCCCCCC/C=C\CCCCCCCCCCCC(=O)OC(C)CCCCCCCCCCCCCCCC(=O)O. The number of ether oxygens (including phenoxy) is 1. The van der Waals surface area contributed by atoms with Crippen molar-refractivity contribution in [3.8, 4) is 0 Å². The zero-order chi connectivity index (χ0) is 32.2. The molecule has 260 valence electrons. The highest BCUT2D eigenvalue weighted by Gasteiger charge is 2.09. The summed E-state index contributed by atoms with van der Waals surface area (Å²) in [6, 6.07) is 0. The fourth-order valence-electron chi connectivity index (χ4n) is 6.04. The van der Waals surface area contributed by atoms with Crippen molar-refractivity contribution in [3.05, 3.63) is 12.2 Å². The van der Waals surface area contributed by atoms with Crippen LogP contribution in [0, 0.1) is 0 Å². The number of carbonyl (C=O) groups excluding carboxylic acids is 1. The van der Waals surface area contributed by atoms with Gasteiger partial charge in [-0.05, 0) is 58.3 Å². The van der Waals surface area contributed by atoms with Crippen molar-refractivity contribution in [3.63, 3.8) is 0 Å². The molecule has 1 unspecified atom stereocenters. The first-order chi connectivity index (χ1) is 21.6. The van der Waals surface area contributed by atoms with Crippen molar-refractivity contribution < 1.29 is 19.4 Å². The number of esters is 1. The van der Waals surface area contributed by atoms with Gasteiger partial charge in [0.2, 0.25) is 0 Å². The molecule has 0 bridgehead atoms. The van der Waals surface area contributed by atoms with Crippen LogP contribution in [0.3, 0.4) is 0 Å². The van der Waals surface area contributed by atoms with Crippen LogP contribution in [0.5, 0.6) is 0 Å². The van der Waals surface area contributed by atoms with E-state index in [-0.39, 0.29) is 12.1 Å². The molecular weight excluding hydrogens is 544 g/mol. The average Bonchev–Trinajstić information content (AvgIpc) is 3.00. The molecule has 0 saturated carbocycles. The van der Waals surface area contributed by atoms with E-state index in [4.69, 9.17) is 9.84 Å². The van der Waals surface area contributed by atoms with Gasteiger partial charge in [-0.25, -0.2) is 0 Å². The van der Waals surface area contributed by atoms with Gasteiger partial charge in [-0.3, -0.25) is 9.59 Å². The Bertz CT molecular complexity index is 629. The molecule has 1 N–H and O–H groups in total. The number of hydrogen-bond acceptors (Lipinski definition) is 3. The van der Waals surface area contributed by atoms with Crippen LogP contribution >= 0.6 is 0 Å². The quantitative estimate of drug-likeness (QED) is 0.0430. The number of allylic oxidation sites excluding steroid dienone is 2. The Balaban J connectivity index is 3.30. The summed E-state index contributed by atoms with van der Waals surface area (Å²) in [5.41, 5.74) is 0. The summed E-state index contributed by atoms with van der Waals surface area (Å²) in [4.78, 5) is 22.7. The highest BCUT2D eigenvalue weighted by molar-refractivity contribution is 5.69. The number of hydrogen-bond donors (Lipinski definition) is 1. The van der Waals surface area contributed by atoms with E-state index < -0.39 is 5.97 Å². The Morgan fingerprint density at radius 1 is 0.500 bits per heavy atom. The molecule has 0 amide bonds. The molecule has 0 aromatic heterocycles. The molecule has 0 saturated heterocycles. The number of aliphatic carboxylic acids is 1. The van der Waals surface area contributed by atoms with Crippen molar-refractivity contribution in [1.82, 2.24) is 0 Å². The lowest BCUT2D eigenvalue weighted by molar-refractivity contribution is -0.148. The highest BCUT2D eigenvalue weighted by atomic mass is 16.5. The Labute approximate surface area is 275 Å². The molecule has 0 aliphatic rings. The summed E-state index contributed by atoms with van der Waals surface area (Å²) >= 11 is 0. The number of carbonyl (C=O) groups is 2. The minimum absolute atomic E-state index is 0.00113. The lowest BCUT2D eigenvalue weighted by Crippen LogP contribution is -2.14. The predicted molar refractivity (Wildman–Crippen MR) is 190 cm³/mol. The first-order valence-electron chi connectivity index (χ1n) is 19.6. The normalized spacial score (nSPS) is 12.2. The molecule has 1 atom stereocenters. The largest absolute Gasteiger partial charge is 0.481 e. The second kappa shape index (κ2) is 36.2. The second-order valence-electron chi connectivity index (χ2n) is 13.6. The molecule has 0 radical (unpaired) electrons. The van der Waals surface area contributed by atoms with Crippen LogP contribution < -0.4 is 0 Å². The molecule has 0 aromatic carbocycles. The van der Waals surface area contributed by atoms with Gasteiger partial charge in [0.05, 0.1) is 6.10 Å². The highest BCUT2D eigenvalue weighted by Crippen LogP contribution is 2.16. The Kier molecular flexibility index (Phi) is 35.1. The van der Waals surface area contributed by atoms with Gasteiger partial charge in [0.1, 0.15) is 0 Å². The fraction of sp³-hybridized carbons (Fsp3) is 0.900. The van der Waals surface area contributed by atoms with Crippen molar-refractivity contribution in [2.75, 3.05) is 0 Å². The zero-order valence-electron chi connectivity index (χ0n) is 29.7. The van der Waals surface area contributed by atoms with Crippen molar-refractivity contribution in [1.29, 1.82) is 0 Å². The second-order valence-corrected chi connectivity index (χ2v) is 13.6. The van der Waals surface area contributed by atoms with E-state index in [0.717, 1.165) is 38.5 Å². The molecule has 4 nitrogen and oxygen atoms in total. The summed E-state index contributed by atoms with van der Waals surface area (Å²) < 4.78 is 5.64. The monoisotopic (exact) mass is 621 g/mol. The minimum atomic E-state index is -0.668. The van der Waals surface area contributed by atoms with Crippen molar-refractivity contribution >= 4 is 11.9 Å². The van der Waals surface area contributed by atoms with Crippen LogP contribution in [0.15, 0.2) is 12.2 Å². The number of carboxylic acids is 1. The molecule has 44 heavy (non-hydrogen) atoms. The summed E-state index contributed by atoms with van der Waals surface area (Å²) in [5, 5.41) is 8.64. The lowest BCUT2D eigenvalue weighted by Gasteiger charge is -2.13. The molecule has 0 spiro atoms. The summed E-state index contributed by atoms with van der Waals surface area (Å²) in [6.45, 7) is 4.33. The fourth-order valence-corrected chi connectivity index (χ4v) is 6.04. The minimum Gasteiger partial charge on any atom is -0.481 e. The van der Waals surface area contributed by atoms with Gasteiger partial charge in [0.15, 0.2) is 0 Å². The maximum Gasteiger partial charge on any atom is 0.306 e. The average molecular weight is 621 g/mol. The van der Waals surface area contributed by atoms with Crippen LogP contribution in [0.1, 0.15) is 226 Å². The van der Waals surface area contributed by atoms with Gasteiger partial charge < -0.3 is 9.84 Å². The van der Waals surface area contributed by atoms with E-state index in [1.807, 2.05) is 0 Å². The van der Waals surface area contributed by atoms with Gasteiger partial charge in [-0.2, -0.15) is 0 Å². The molecule has 0 aromatic rings. The molecular formula is C40H76O4. The maximum absolute atomic E-state index is 12.2. The third-order valence-corrected chi connectivity index (χ3v) is 8.98. The van der Waals surface area contributed by atoms with E-state index in [2.05, 4.69) is 26.0 Å². The lowest BCUT2D eigenvalue weighted by atomic mass is 10.0. The number of carboxylic acid groups (broad SMARTS) is 1. The molecule has 4 heteroatoms. The predicted octanol–water partition coefficient (Wildman–Crippen LogP) is 13.5. The number of unbranched alkanes of at least 4 members (excludes halogenated alkanes) is 27. The third kappa shape index (κ3) is 36.9. The van der Waals surface area contributed by atoms with E-state index in [1.165, 1.54) is 161 Å². The van der Waals surface area contributed by atoms with E-state index >= 15 is 0 Å². The van der Waals surface area contributed by atoms with Gasteiger partial charge in [-0.15, -0.1) is 0 Å². The Morgan fingerprint density at radius 2 is 0.841 bits per heavy atom. The van der Waals surface area contributed by atoms with Crippen LogP contribution in [-0.2, 0) is 14.3 Å². The molecule has 0 aliphatic heterocycles. The van der Waals surface area contributed by atoms with Gasteiger partial charge in [0, 0.05) is 12.8 Å². The molecule has 0 aliphatic carbocycles. The summed E-state index contributed by atoms with van der Waals surface area (Å²) in [5.74, 6) is -0.669. The topological polar surface area (TPSA) is 63.6 Å². The van der Waals surface area contributed by atoms with Crippen molar-refractivity contribution in [2.24, 2.45) is 0 Å².